The predicted molar refractivity (Wildman–Crippen MR) is 85.3 cm³/mol. The number of nitrogen functional groups attached to an aromatic ring is 1. The Kier molecular flexibility index (Phi) is 4.06. The number of aromatic nitrogens is 2. The molecule has 0 saturated carbocycles. The molecule has 112 valence electrons. The molecule has 2 N–H and O–H groups in total. The second-order valence-electron chi connectivity index (χ2n) is 7.16. The van der Waals surface area contributed by atoms with Crippen molar-refractivity contribution in [1.29, 1.82) is 0 Å². The minimum absolute atomic E-state index is 0.277. The molecule has 0 radical (unpaired) electrons. The first-order valence-electron chi connectivity index (χ1n) is 7.17. The highest BCUT2D eigenvalue weighted by molar-refractivity contribution is 6.74. The normalized spacial score (nSPS) is 17.1. The second-order valence-corrected chi connectivity index (χ2v) is 12.0. The van der Waals surface area contributed by atoms with Crippen LogP contribution in [0.2, 0.25) is 18.1 Å². The smallest absolute Gasteiger partial charge is 0.191 e. The highest BCUT2D eigenvalue weighted by atomic mass is 28.4. The van der Waals surface area contributed by atoms with Crippen LogP contribution in [0.1, 0.15) is 20.8 Å². The van der Waals surface area contributed by atoms with E-state index in [4.69, 9.17) is 10.2 Å². The van der Waals surface area contributed by atoms with Gasteiger partial charge in [-0.3, -0.25) is 0 Å². The molecule has 2 heterocycles. The zero-order valence-electron chi connectivity index (χ0n) is 13.2. The molecule has 0 unspecified atom stereocenters. The van der Waals surface area contributed by atoms with Crippen LogP contribution in [0.5, 0.6) is 0 Å². The summed E-state index contributed by atoms with van der Waals surface area (Å²) in [6.07, 6.45) is 0. The summed E-state index contributed by atoms with van der Waals surface area (Å²) in [5, 5.41) is 8.26. The zero-order valence-corrected chi connectivity index (χ0v) is 14.2. The summed E-state index contributed by atoms with van der Waals surface area (Å²) < 4.78 is 6.26. The third-order valence-corrected chi connectivity index (χ3v) is 8.94. The maximum atomic E-state index is 6.26. The van der Waals surface area contributed by atoms with Gasteiger partial charge in [-0.05, 0) is 30.3 Å². The van der Waals surface area contributed by atoms with Crippen molar-refractivity contribution in [3.8, 4) is 0 Å². The molecular weight excluding hydrogens is 268 g/mol. The highest BCUT2D eigenvalue weighted by Gasteiger charge is 2.39. The zero-order chi connectivity index (χ0) is 15.0. The maximum absolute atomic E-state index is 6.26. The lowest BCUT2D eigenvalue weighted by molar-refractivity contribution is 0.203. The van der Waals surface area contributed by atoms with E-state index in [0.29, 0.717) is 11.7 Å². The van der Waals surface area contributed by atoms with E-state index in [9.17, 15) is 0 Å². The van der Waals surface area contributed by atoms with Crippen LogP contribution < -0.4 is 10.6 Å². The molecule has 6 heteroatoms. The standard InChI is InChI=1S/C14H26N4OSi/c1-14(2,3)20(4,5)19-10-11-8-18(9-11)13-7-6-12(15)16-17-13/h6-7,11H,8-10H2,1-5H3,(H2,15,16). The molecular formula is C14H26N4OSi. The summed E-state index contributed by atoms with van der Waals surface area (Å²) in [4.78, 5) is 2.21. The summed E-state index contributed by atoms with van der Waals surface area (Å²) in [7, 11) is -1.62. The Balaban J connectivity index is 1.79. The van der Waals surface area contributed by atoms with E-state index >= 15 is 0 Å². The molecule has 5 nitrogen and oxygen atoms in total. The minimum Gasteiger partial charge on any atom is -0.416 e. The van der Waals surface area contributed by atoms with Gasteiger partial charge < -0.3 is 15.1 Å². The first-order valence-corrected chi connectivity index (χ1v) is 10.1. The average molecular weight is 294 g/mol. The molecule has 1 aliphatic heterocycles. The number of nitrogens with zero attached hydrogens (tertiary/aromatic N) is 3. The van der Waals surface area contributed by atoms with Crippen LogP contribution in [-0.4, -0.2) is 38.2 Å². The van der Waals surface area contributed by atoms with Gasteiger partial charge in [0.15, 0.2) is 14.1 Å². The number of hydrogen-bond donors (Lipinski definition) is 1. The van der Waals surface area contributed by atoms with Gasteiger partial charge in [0, 0.05) is 25.6 Å². The van der Waals surface area contributed by atoms with Gasteiger partial charge >= 0.3 is 0 Å². The van der Waals surface area contributed by atoms with E-state index in [0.717, 1.165) is 25.5 Å². The Morgan fingerprint density at radius 3 is 2.45 bits per heavy atom. The van der Waals surface area contributed by atoms with Crippen LogP contribution >= 0.6 is 0 Å². The number of hydrogen-bond acceptors (Lipinski definition) is 5. The maximum Gasteiger partial charge on any atom is 0.191 e. The van der Waals surface area contributed by atoms with E-state index < -0.39 is 8.32 Å². The molecule has 0 aromatic carbocycles. The summed E-state index contributed by atoms with van der Waals surface area (Å²) in [6.45, 7) is 14.3. The molecule has 0 atom stereocenters. The van der Waals surface area contributed by atoms with E-state index in [1.165, 1.54) is 0 Å². The largest absolute Gasteiger partial charge is 0.416 e. The summed E-state index contributed by atoms with van der Waals surface area (Å²) >= 11 is 0. The van der Waals surface area contributed by atoms with Crippen LogP contribution in [0.15, 0.2) is 12.1 Å². The Morgan fingerprint density at radius 1 is 1.30 bits per heavy atom. The molecule has 1 aromatic rings. The SMILES string of the molecule is CC(C)(C)[Si](C)(C)OCC1CN(c2ccc(N)nn2)C1. The Hall–Kier alpha value is -1.14. The van der Waals surface area contributed by atoms with Gasteiger partial charge in [0.05, 0.1) is 0 Å². The lowest BCUT2D eigenvalue weighted by Gasteiger charge is -2.43. The van der Waals surface area contributed by atoms with Crippen molar-refractivity contribution in [3.63, 3.8) is 0 Å². The third-order valence-electron chi connectivity index (χ3n) is 4.44. The molecule has 0 aliphatic carbocycles. The van der Waals surface area contributed by atoms with Crippen LogP contribution in [0.3, 0.4) is 0 Å². The Morgan fingerprint density at radius 2 is 1.95 bits per heavy atom. The van der Waals surface area contributed by atoms with Crippen LogP contribution in [0.25, 0.3) is 0 Å². The molecule has 0 spiro atoms. The van der Waals surface area contributed by atoms with E-state index in [1.54, 1.807) is 6.07 Å². The van der Waals surface area contributed by atoms with E-state index in [-0.39, 0.29) is 5.04 Å². The minimum atomic E-state index is -1.62. The first-order chi connectivity index (χ1) is 9.19. The fourth-order valence-corrected chi connectivity index (χ4v) is 2.99. The third kappa shape index (κ3) is 3.30. The van der Waals surface area contributed by atoms with Gasteiger partial charge in [-0.25, -0.2) is 0 Å². The van der Waals surface area contributed by atoms with Crippen molar-refractivity contribution < 1.29 is 4.43 Å². The van der Waals surface area contributed by atoms with Crippen molar-refractivity contribution >= 4 is 20.0 Å². The quantitative estimate of drug-likeness (QED) is 0.864. The highest BCUT2D eigenvalue weighted by Crippen LogP contribution is 2.37. The van der Waals surface area contributed by atoms with Crippen LogP contribution in [-0.2, 0) is 4.43 Å². The van der Waals surface area contributed by atoms with Gasteiger partial charge in [0.1, 0.15) is 5.82 Å². The topological polar surface area (TPSA) is 64.3 Å². The predicted octanol–water partition coefficient (Wildman–Crippen LogP) is 2.52. The van der Waals surface area contributed by atoms with Gasteiger partial charge in [-0.2, -0.15) is 0 Å². The molecule has 2 rings (SSSR count). The average Bonchev–Trinajstić information content (AvgIpc) is 2.27. The number of nitrogens with two attached hydrogens (primary N) is 1. The molecule has 20 heavy (non-hydrogen) atoms. The van der Waals surface area contributed by atoms with Crippen molar-refractivity contribution in [3.05, 3.63) is 12.1 Å². The van der Waals surface area contributed by atoms with Gasteiger partial charge in [-0.1, -0.05) is 20.8 Å². The molecule has 1 fully saturated rings. The molecule has 0 amide bonds. The van der Waals surface area contributed by atoms with Crippen molar-refractivity contribution in [2.45, 2.75) is 38.9 Å². The molecule has 0 bridgehead atoms. The van der Waals surface area contributed by atoms with Crippen LogP contribution in [0.4, 0.5) is 11.6 Å². The van der Waals surface area contributed by atoms with Crippen LogP contribution in [0, 0.1) is 5.92 Å². The fourth-order valence-electron chi connectivity index (χ4n) is 1.91. The monoisotopic (exact) mass is 294 g/mol. The van der Waals surface area contributed by atoms with E-state index in [2.05, 4.69) is 49.0 Å². The number of anilines is 2. The second kappa shape index (κ2) is 5.33. The summed E-state index contributed by atoms with van der Waals surface area (Å²) in [5.74, 6) is 1.97. The Labute approximate surface area is 122 Å². The number of rotatable bonds is 4. The summed E-state index contributed by atoms with van der Waals surface area (Å²) in [6, 6.07) is 3.72. The first kappa shape index (κ1) is 15.2. The fraction of sp³-hybridized carbons (Fsp3) is 0.714. The molecule has 1 aromatic heterocycles. The lowest BCUT2D eigenvalue weighted by Crippen LogP contribution is -2.52. The van der Waals surface area contributed by atoms with E-state index in [1.807, 2.05) is 6.07 Å². The Bertz CT molecular complexity index is 449. The molecule has 1 aliphatic rings. The van der Waals surface area contributed by atoms with Gasteiger partial charge in [0.2, 0.25) is 0 Å². The molecule has 1 saturated heterocycles. The van der Waals surface area contributed by atoms with Crippen molar-refractivity contribution in [2.75, 3.05) is 30.3 Å². The van der Waals surface area contributed by atoms with Crippen molar-refractivity contribution in [2.24, 2.45) is 5.92 Å². The van der Waals surface area contributed by atoms with Crippen molar-refractivity contribution in [1.82, 2.24) is 10.2 Å². The lowest BCUT2D eigenvalue weighted by atomic mass is 10.0. The summed E-state index contributed by atoms with van der Waals surface area (Å²) in [5.41, 5.74) is 5.54. The van der Waals surface area contributed by atoms with Gasteiger partial charge in [-0.15, -0.1) is 10.2 Å². The van der Waals surface area contributed by atoms with Gasteiger partial charge in [0.25, 0.3) is 0 Å².